The third-order valence-corrected chi connectivity index (χ3v) is 3.50. The number of likely N-dealkylation sites (tertiary alicyclic amines) is 1. The van der Waals surface area contributed by atoms with Crippen molar-refractivity contribution in [1.29, 1.82) is 0 Å². The number of carbonyl (C=O) groups is 1. The first-order chi connectivity index (χ1) is 11.4. The van der Waals surface area contributed by atoms with Crippen LogP contribution in [-0.4, -0.2) is 60.1 Å². The minimum Gasteiger partial charge on any atom is -0.472 e. The van der Waals surface area contributed by atoms with E-state index in [1.807, 2.05) is 39.0 Å². The largest absolute Gasteiger partial charge is 0.472 e. The van der Waals surface area contributed by atoms with Crippen LogP contribution in [0.25, 0.3) is 0 Å². The van der Waals surface area contributed by atoms with Gasteiger partial charge < -0.3 is 20.3 Å². The number of aliphatic imine (C=N–C) groups is 1. The highest BCUT2D eigenvalue weighted by Crippen LogP contribution is 2.16. The Labute approximate surface area is 143 Å². The predicted octanol–water partition coefficient (Wildman–Crippen LogP) is 1.02. The monoisotopic (exact) mass is 333 g/mol. The molecule has 1 saturated heterocycles. The normalized spacial score (nSPS) is 18.4. The molecule has 7 heteroatoms. The first-order valence-corrected chi connectivity index (χ1v) is 8.21. The second kappa shape index (κ2) is 7.99. The van der Waals surface area contributed by atoms with Crippen LogP contribution in [0.15, 0.2) is 29.4 Å². The zero-order valence-electron chi connectivity index (χ0n) is 14.9. The lowest BCUT2D eigenvalue weighted by Gasteiger charge is -2.23. The number of hydrogen-bond acceptors (Lipinski definition) is 4. The molecule has 1 aliphatic rings. The summed E-state index contributed by atoms with van der Waals surface area (Å²) in [5, 5.41) is 6.03. The van der Waals surface area contributed by atoms with E-state index in [4.69, 9.17) is 4.74 Å². The van der Waals surface area contributed by atoms with Crippen molar-refractivity contribution < 1.29 is 9.53 Å². The van der Waals surface area contributed by atoms with Crippen LogP contribution in [-0.2, 0) is 4.79 Å². The number of ether oxygens (including phenoxy) is 1. The summed E-state index contributed by atoms with van der Waals surface area (Å²) in [6, 6.07) is 5.62. The molecule has 0 aromatic carbocycles. The van der Waals surface area contributed by atoms with Crippen molar-refractivity contribution in [3.05, 3.63) is 24.4 Å². The van der Waals surface area contributed by atoms with E-state index in [1.54, 1.807) is 13.2 Å². The summed E-state index contributed by atoms with van der Waals surface area (Å²) in [7, 11) is 1.72. The topological polar surface area (TPSA) is 78.9 Å². The Morgan fingerprint density at radius 2 is 2.25 bits per heavy atom. The Hall–Kier alpha value is -2.31. The number of guanidine groups is 1. The number of amides is 1. The van der Waals surface area contributed by atoms with Gasteiger partial charge in [0.15, 0.2) is 5.96 Å². The number of aromatic nitrogens is 1. The highest BCUT2D eigenvalue weighted by Gasteiger charge is 2.27. The van der Waals surface area contributed by atoms with E-state index in [0.717, 1.165) is 19.5 Å². The number of pyridine rings is 1. The molecule has 0 aliphatic carbocycles. The van der Waals surface area contributed by atoms with Gasteiger partial charge in [0.1, 0.15) is 6.10 Å². The second-order valence-electron chi connectivity index (χ2n) is 6.84. The minimum absolute atomic E-state index is 0.0517. The second-order valence-corrected chi connectivity index (χ2v) is 6.84. The Kier molecular flexibility index (Phi) is 6.00. The van der Waals surface area contributed by atoms with Crippen LogP contribution < -0.4 is 15.4 Å². The van der Waals surface area contributed by atoms with Gasteiger partial charge in [-0.15, -0.1) is 0 Å². The van der Waals surface area contributed by atoms with Gasteiger partial charge in [0.2, 0.25) is 11.8 Å². The van der Waals surface area contributed by atoms with E-state index in [1.165, 1.54) is 0 Å². The Morgan fingerprint density at radius 3 is 2.88 bits per heavy atom. The molecule has 1 amide bonds. The summed E-state index contributed by atoms with van der Waals surface area (Å²) in [6.07, 6.45) is 2.68. The molecule has 0 bridgehead atoms. The third kappa shape index (κ3) is 5.72. The van der Waals surface area contributed by atoms with Crippen LogP contribution >= 0.6 is 0 Å². The van der Waals surface area contributed by atoms with Gasteiger partial charge in [0.25, 0.3) is 0 Å². The van der Waals surface area contributed by atoms with Gasteiger partial charge in [-0.3, -0.25) is 9.79 Å². The van der Waals surface area contributed by atoms with Crippen LogP contribution in [0.5, 0.6) is 5.88 Å². The van der Waals surface area contributed by atoms with Gasteiger partial charge >= 0.3 is 0 Å². The summed E-state index contributed by atoms with van der Waals surface area (Å²) >= 11 is 0. The average Bonchev–Trinajstić information content (AvgIpc) is 2.95. The molecule has 132 valence electrons. The summed E-state index contributed by atoms with van der Waals surface area (Å²) in [4.78, 5) is 22.5. The number of nitrogens with zero attached hydrogens (tertiary/aromatic N) is 3. The molecule has 2 N–H and O–H groups in total. The van der Waals surface area contributed by atoms with Crippen LogP contribution in [0.2, 0.25) is 0 Å². The molecule has 1 aromatic heterocycles. The van der Waals surface area contributed by atoms with Crippen LogP contribution in [0, 0.1) is 0 Å². The molecule has 1 unspecified atom stereocenters. The summed E-state index contributed by atoms with van der Waals surface area (Å²) in [5.41, 5.74) is -0.239. The predicted molar refractivity (Wildman–Crippen MR) is 94.1 cm³/mol. The molecule has 0 radical (unpaired) electrons. The Bertz CT molecular complexity index is 568. The molecule has 0 saturated carbocycles. The molecule has 7 nitrogen and oxygen atoms in total. The highest BCUT2D eigenvalue weighted by molar-refractivity contribution is 5.86. The first-order valence-electron chi connectivity index (χ1n) is 8.21. The van der Waals surface area contributed by atoms with Crippen molar-refractivity contribution >= 4 is 11.9 Å². The fraction of sp³-hybridized carbons (Fsp3) is 0.588. The van der Waals surface area contributed by atoms with Crippen molar-refractivity contribution in [3.63, 3.8) is 0 Å². The van der Waals surface area contributed by atoms with Gasteiger partial charge in [0, 0.05) is 37.8 Å². The lowest BCUT2D eigenvalue weighted by atomic mass is 10.1. The van der Waals surface area contributed by atoms with Gasteiger partial charge in [-0.2, -0.15) is 0 Å². The summed E-state index contributed by atoms with van der Waals surface area (Å²) < 4.78 is 5.88. The van der Waals surface area contributed by atoms with Gasteiger partial charge in [-0.1, -0.05) is 6.07 Å². The standard InChI is InChI=1S/C17H27N5O2/c1-17(2,3)21-14(23)11-20-16(18-4)22-10-8-13(12-22)24-15-7-5-6-9-19-15/h5-7,9,13H,8,10-12H2,1-4H3,(H,18,20)(H,21,23). The quantitative estimate of drug-likeness (QED) is 0.635. The number of hydrogen-bond donors (Lipinski definition) is 2. The van der Waals surface area contributed by atoms with E-state index in [2.05, 4.69) is 25.5 Å². The van der Waals surface area contributed by atoms with Crippen molar-refractivity contribution in [1.82, 2.24) is 20.5 Å². The molecule has 1 atom stereocenters. The molecule has 1 aliphatic heterocycles. The molecule has 24 heavy (non-hydrogen) atoms. The van der Waals surface area contributed by atoms with E-state index in [0.29, 0.717) is 11.8 Å². The lowest BCUT2D eigenvalue weighted by molar-refractivity contribution is -0.121. The SMILES string of the molecule is CN=C(NCC(=O)NC(C)(C)C)N1CCC(Oc2ccccn2)C1. The van der Waals surface area contributed by atoms with Crippen molar-refractivity contribution in [2.24, 2.45) is 4.99 Å². The zero-order valence-corrected chi connectivity index (χ0v) is 14.9. The zero-order chi connectivity index (χ0) is 17.6. The molecular formula is C17H27N5O2. The molecular weight excluding hydrogens is 306 g/mol. The van der Waals surface area contributed by atoms with E-state index >= 15 is 0 Å². The lowest BCUT2D eigenvalue weighted by Crippen LogP contribution is -2.49. The summed E-state index contributed by atoms with van der Waals surface area (Å²) in [6.45, 7) is 7.63. The van der Waals surface area contributed by atoms with Crippen LogP contribution in [0.4, 0.5) is 0 Å². The van der Waals surface area contributed by atoms with Crippen molar-refractivity contribution in [3.8, 4) is 5.88 Å². The van der Waals surface area contributed by atoms with Gasteiger partial charge in [0.05, 0.1) is 13.1 Å². The highest BCUT2D eigenvalue weighted by atomic mass is 16.5. The summed E-state index contributed by atoms with van der Waals surface area (Å²) in [5.74, 6) is 1.30. The molecule has 2 heterocycles. The Balaban J connectivity index is 1.81. The Morgan fingerprint density at radius 1 is 1.46 bits per heavy atom. The van der Waals surface area contributed by atoms with Crippen LogP contribution in [0.3, 0.4) is 0 Å². The minimum atomic E-state index is -0.239. The van der Waals surface area contributed by atoms with Gasteiger partial charge in [-0.05, 0) is 26.8 Å². The van der Waals surface area contributed by atoms with Crippen molar-refractivity contribution in [2.75, 3.05) is 26.7 Å². The fourth-order valence-electron chi connectivity index (χ4n) is 2.56. The fourth-order valence-corrected chi connectivity index (χ4v) is 2.56. The van der Waals surface area contributed by atoms with E-state index < -0.39 is 0 Å². The van der Waals surface area contributed by atoms with Crippen molar-refractivity contribution in [2.45, 2.75) is 38.8 Å². The maximum absolute atomic E-state index is 11.9. The number of rotatable bonds is 4. The van der Waals surface area contributed by atoms with E-state index in [9.17, 15) is 4.79 Å². The maximum atomic E-state index is 11.9. The molecule has 2 rings (SSSR count). The van der Waals surface area contributed by atoms with Crippen LogP contribution in [0.1, 0.15) is 27.2 Å². The first kappa shape index (κ1) is 18.0. The smallest absolute Gasteiger partial charge is 0.239 e. The molecule has 0 spiro atoms. The molecule has 1 fully saturated rings. The molecule has 1 aromatic rings. The number of carbonyl (C=O) groups excluding carboxylic acids is 1. The number of nitrogens with one attached hydrogen (secondary N) is 2. The third-order valence-electron chi connectivity index (χ3n) is 3.50. The van der Waals surface area contributed by atoms with Gasteiger partial charge in [-0.25, -0.2) is 4.98 Å². The maximum Gasteiger partial charge on any atom is 0.239 e. The van der Waals surface area contributed by atoms with E-state index in [-0.39, 0.29) is 24.1 Å². The average molecular weight is 333 g/mol.